The monoisotopic (exact) mass is 247 g/mol. The summed E-state index contributed by atoms with van der Waals surface area (Å²) < 4.78 is 10.7. The Hall–Kier alpha value is -2.34. The zero-order valence-corrected chi connectivity index (χ0v) is 9.83. The van der Waals surface area contributed by atoms with E-state index in [2.05, 4.69) is 9.97 Å². The lowest BCUT2D eigenvalue weighted by molar-refractivity contribution is 0.280. The number of aliphatic hydroxyl groups excluding tert-OH is 1. The van der Waals surface area contributed by atoms with Crippen LogP contribution >= 0.6 is 0 Å². The number of hydrogen-bond acceptors (Lipinski definition) is 6. The van der Waals surface area contributed by atoms with Crippen LogP contribution in [0.15, 0.2) is 30.6 Å². The van der Waals surface area contributed by atoms with Gasteiger partial charge < -0.3 is 20.3 Å². The number of rotatable bonds is 4. The summed E-state index contributed by atoms with van der Waals surface area (Å²) >= 11 is 0. The van der Waals surface area contributed by atoms with Crippen LogP contribution in [0, 0.1) is 0 Å². The molecule has 18 heavy (non-hydrogen) atoms. The standard InChI is InChI=1S/C12H13N3O3/c1-17-10-4-8(6-16)2-3-9(10)18-12-5-11(13)14-7-15-12/h2-5,7,16H,6H2,1H3,(H2,13,14,15). The van der Waals surface area contributed by atoms with Crippen LogP contribution in [0.2, 0.25) is 0 Å². The first-order chi connectivity index (χ1) is 8.72. The molecular formula is C12H13N3O3. The smallest absolute Gasteiger partial charge is 0.224 e. The Labute approximate surface area is 104 Å². The quantitative estimate of drug-likeness (QED) is 0.847. The maximum Gasteiger partial charge on any atom is 0.224 e. The van der Waals surface area contributed by atoms with E-state index in [0.29, 0.717) is 23.2 Å². The van der Waals surface area contributed by atoms with Crippen LogP contribution in [-0.4, -0.2) is 22.2 Å². The van der Waals surface area contributed by atoms with Gasteiger partial charge in [0.05, 0.1) is 13.7 Å². The summed E-state index contributed by atoms with van der Waals surface area (Å²) in [6.07, 6.45) is 1.32. The van der Waals surface area contributed by atoms with Gasteiger partial charge in [-0.15, -0.1) is 0 Å². The fourth-order valence-corrected chi connectivity index (χ4v) is 1.42. The van der Waals surface area contributed by atoms with Crippen LogP contribution < -0.4 is 15.2 Å². The summed E-state index contributed by atoms with van der Waals surface area (Å²) in [6, 6.07) is 6.64. The van der Waals surface area contributed by atoms with E-state index in [1.807, 2.05) is 0 Å². The molecule has 0 spiro atoms. The van der Waals surface area contributed by atoms with Gasteiger partial charge in [0.2, 0.25) is 5.88 Å². The van der Waals surface area contributed by atoms with Gasteiger partial charge in [-0.3, -0.25) is 0 Å². The summed E-state index contributed by atoms with van der Waals surface area (Å²) in [4.78, 5) is 7.71. The number of nitrogens with two attached hydrogens (primary N) is 1. The lowest BCUT2D eigenvalue weighted by atomic mass is 10.2. The van der Waals surface area contributed by atoms with Crippen LogP contribution in [0.1, 0.15) is 5.56 Å². The molecular weight excluding hydrogens is 234 g/mol. The Balaban J connectivity index is 2.28. The molecule has 0 aliphatic rings. The molecule has 94 valence electrons. The van der Waals surface area contributed by atoms with Crippen molar-refractivity contribution in [2.45, 2.75) is 6.61 Å². The van der Waals surface area contributed by atoms with Crippen LogP contribution in [0.25, 0.3) is 0 Å². The lowest BCUT2D eigenvalue weighted by Crippen LogP contribution is -1.96. The van der Waals surface area contributed by atoms with Crippen molar-refractivity contribution >= 4 is 5.82 Å². The van der Waals surface area contributed by atoms with E-state index in [-0.39, 0.29) is 6.61 Å². The van der Waals surface area contributed by atoms with E-state index in [1.54, 1.807) is 18.2 Å². The minimum atomic E-state index is -0.0584. The summed E-state index contributed by atoms with van der Waals surface area (Å²) in [5.41, 5.74) is 6.27. The molecule has 0 unspecified atom stereocenters. The summed E-state index contributed by atoms with van der Waals surface area (Å²) in [6.45, 7) is -0.0584. The fraction of sp³-hybridized carbons (Fsp3) is 0.167. The number of nitrogens with zero attached hydrogens (tertiary/aromatic N) is 2. The van der Waals surface area contributed by atoms with Crippen molar-refractivity contribution in [1.29, 1.82) is 0 Å². The number of ether oxygens (including phenoxy) is 2. The van der Waals surface area contributed by atoms with Gasteiger partial charge in [0.25, 0.3) is 0 Å². The minimum absolute atomic E-state index is 0.0584. The van der Waals surface area contributed by atoms with Gasteiger partial charge in [-0.2, -0.15) is 0 Å². The molecule has 0 saturated carbocycles. The molecule has 1 aromatic carbocycles. The van der Waals surface area contributed by atoms with Crippen molar-refractivity contribution in [1.82, 2.24) is 9.97 Å². The third-order valence-corrected chi connectivity index (χ3v) is 2.29. The van der Waals surface area contributed by atoms with E-state index in [0.717, 1.165) is 5.56 Å². The molecule has 0 aliphatic carbocycles. The topological polar surface area (TPSA) is 90.5 Å². The first-order valence-corrected chi connectivity index (χ1v) is 5.26. The molecule has 1 heterocycles. The molecule has 0 atom stereocenters. The van der Waals surface area contributed by atoms with Gasteiger partial charge in [-0.1, -0.05) is 6.07 Å². The second-order valence-electron chi connectivity index (χ2n) is 3.53. The van der Waals surface area contributed by atoms with Crippen molar-refractivity contribution in [2.24, 2.45) is 0 Å². The van der Waals surface area contributed by atoms with Gasteiger partial charge >= 0.3 is 0 Å². The van der Waals surface area contributed by atoms with E-state index in [9.17, 15) is 0 Å². The highest BCUT2D eigenvalue weighted by molar-refractivity contribution is 5.45. The molecule has 2 aromatic rings. The van der Waals surface area contributed by atoms with E-state index < -0.39 is 0 Å². The Bertz CT molecular complexity index is 546. The van der Waals surface area contributed by atoms with Crippen molar-refractivity contribution in [2.75, 3.05) is 12.8 Å². The first-order valence-electron chi connectivity index (χ1n) is 5.26. The summed E-state index contributed by atoms with van der Waals surface area (Å²) in [5, 5.41) is 9.04. The average molecular weight is 247 g/mol. The third-order valence-electron chi connectivity index (χ3n) is 2.29. The van der Waals surface area contributed by atoms with E-state index in [4.69, 9.17) is 20.3 Å². The molecule has 6 heteroatoms. The van der Waals surface area contributed by atoms with Crippen LogP contribution in [0.3, 0.4) is 0 Å². The number of aromatic nitrogens is 2. The maximum absolute atomic E-state index is 9.04. The predicted molar refractivity (Wildman–Crippen MR) is 65.4 cm³/mol. The molecule has 0 saturated heterocycles. The van der Waals surface area contributed by atoms with E-state index in [1.165, 1.54) is 19.5 Å². The average Bonchev–Trinajstić information content (AvgIpc) is 2.39. The van der Waals surface area contributed by atoms with Crippen LogP contribution in [0.5, 0.6) is 17.4 Å². The molecule has 1 aromatic heterocycles. The summed E-state index contributed by atoms with van der Waals surface area (Å²) in [7, 11) is 1.53. The molecule has 6 nitrogen and oxygen atoms in total. The first kappa shape index (κ1) is 12.1. The molecule has 2 rings (SSSR count). The molecule has 0 fully saturated rings. The van der Waals surface area contributed by atoms with Crippen molar-refractivity contribution < 1.29 is 14.6 Å². The molecule has 3 N–H and O–H groups in total. The fourth-order valence-electron chi connectivity index (χ4n) is 1.42. The Morgan fingerprint density at radius 2 is 2.06 bits per heavy atom. The Morgan fingerprint density at radius 3 is 2.72 bits per heavy atom. The normalized spacial score (nSPS) is 10.1. The van der Waals surface area contributed by atoms with Crippen molar-refractivity contribution in [3.8, 4) is 17.4 Å². The van der Waals surface area contributed by atoms with Gasteiger partial charge in [-0.05, 0) is 17.7 Å². The summed E-state index contributed by atoms with van der Waals surface area (Å²) in [5.74, 6) is 1.66. The molecule has 0 amide bonds. The number of benzene rings is 1. The van der Waals surface area contributed by atoms with Gasteiger partial charge in [0.15, 0.2) is 11.5 Å². The molecule has 0 aliphatic heterocycles. The second-order valence-corrected chi connectivity index (χ2v) is 3.53. The van der Waals surface area contributed by atoms with Crippen molar-refractivity contribution in [3.05, 3.63) is 36.2 Å². The minimum Gasteiger partial charge on any atom is -0.493 e. The zero-order chi connectivity index (χ0) is 13.0. The largest absolute Gasteiger partial charge is 0.493 e. The Kier molecular flexibility index (Phi) is 3.59. The second kappa shape index (κ2) is 5.33. The highest BCUT2D eigenvalue weighted by Crippen LogP contribution is 2.31. The highest BCUT2D eigenvalue weighted by Gasteiger charge is 2.07. The van der Waals surface area contributed by atoms with E-state index >= 15 is 0 Å². The Morgan fingerprint density at radius 1 is 1.22 bits per heavy atom. The number of anilines is 1. The number of nitrogen functional groups attached to an aromatic ring is 1. The highest BCUT2D eigenvalue weighted by atomic mass is 16.5. The van der Waals surface area contributed by atoms with Crippen LogP contribution in [-0.2, 0) is 6.61 Å². The van der Waals surface area contributed by atoms with Gasteiger partial charge in [0, 0.05) is 6.07 Å². The predicted octanol–water partition coefficient (Wildman–Crippen LogP) is 1.35. The SMILES string of the molecule is COc1cc(CO)ccc1Oc1cc(N)ncn1. The van der Waals surface area contributed by atoms with Crippen molar-refractivity contribution in [3.63, 3.8) is 0 Å². The van der Waals surface area contributed by atoms with Gasteiger partial charge in [0.1, 0.15) is 12.1 Å². The lowest BCUT2D eigenvalue weighted by Gasteiger charge is -2.10. The van der Waals surface area contributed by atoms with Crippen LogP contribution in [0.4, 0.5) is 5.82 Å². The third kappa shape index (κ3) is 2.67. The molecule has 0 radical (unpaired) electrons. The number of methoxy groups -OCH3 is 1. The molecule has 0 bridgehead atoms. The number of hydrogen-bond donors (Lipinski definition) is 2. The number of aliphatic hydroxyl groups is 1. The maximum atomic E-state index is 9.04. The zero-order valence-electron chi connectivity index (χ0n) is 9.83. The van der Waals surface area contributed by atoms with Gasteiger partial charge in [-0.25, -0.2) is 9.97 Å².